The fraction of sp³-hybridized carbons (Fsp3) is 0.294. The molecule has 4 rings (SSSR count). The molecule has 1 fully saturated rings. The van der Waals surface area contributed by atoms with Crippen LogP contribution in [0.4, 0.5) is 17.5 Å². The van der Waals surface area contributed by atoms with E-state index >= 15 is 0 Å². The molecule has 0 atom stereocenters. The van der Waals surface area contributed by atoms with Gasteiger partial charge in [0.05, 0.1) is 25.1 Å². The maximum absolute atomic E-state index is 5.93. The zero-order valence-electron chi connectivity index (χ0n) is 13.9. The van der Waals surface area contributed by atoms with Crippen molar-refractivity contribution in [3.8, 4) is 11.3 Å². The van der Waals surface area contributed by atoms with E-state index in [1.807, 2.05) is 25.1 Å². The van der Waals surface area contributed by atoms with Gasteiger partial charge in [-0.05, 0) is 24.6 Å². The number of anilines is 3. The van der Waals surface area contributed by atoms with E-state index in [0.717, 1.165) is 29.9 Å². The molecule has 2 aromatic heterocycles. The molecular weight excluding hydrogens is 318 g/mol. The number of nitrogen functional groups attached to an aromatic ring is 2. The monoisotopic (exact) mass is 337 g/mol. The van der Waals surface area contributed by atoms with Gasteiger partial charge in [-0.25, -0.2) is 9.97 Å². The first-order chi connectivity index (χ1) is 12.1. The molecule has 0 spiro atoms. The molecule has 0 unspecified atom stereocenters. The fourth-order valence-electron chi connectivity index (χ4n) is 2.95. The van der Waals surface area contributed by atoms with Gasteiger partial charge in [-0.15, -0.1) is 0 Å². The summed E-state index contributed by atoms with van der Waals surface area (Å²) in [5.41, 5.74) is 16.4. The Bertz CT molecular complexity index is 938. The molecule has 8 heteroatoms. The van der Waals surface area contributed by atoms with Crippen molar-refractivity contribution < 1.29 is 4.74 Å². The Morgan fingerprint density at radius 1 is 1.08 bits per heavy atom. The first-order valence-electron chi connectivity index (χ1n) is 8.11. The highest BCUT2D eigenvalue weighted by atomic mass is 16.5. The van der Waals surface area contributed by atoms with E-state index in [1.54, 1.807) is 6.20 Å². The van der Waals surface area contributed by atoms with Crippen LogP contribution in [0, 0.1) is 6.92 Å². The molecule has 0 bridgehead atoms. The molecule has 1 aliphatic heterocycles. The Morgan fingerprint density at radius 2 is 1.88 bits per heavy atom. The van der Waals surface area contributed by atoms with Gasteiger partial charge in [0.15, 0.2) is 17.0 Å². The van der Waals surface area contributed by atoms with Crippen molar-refractivity contribution >= 4 is 28.6 Å². The summed E-state index contributed by atoms with van der Waals surface area (Å²) < 4.78 is 5.42. The second-order valence-corrected chi connectivity index (χ2v) is 6.01. The number of nitrogens with zero attached hydrogens (tertiary/aromatic N) is 5. The summed E-state index contributed by atoms with van der Waals surface area (Å²) in [6.45, 7) is 4.77. The zero-order chi connectivity index (χ0) is 17.4. The molecule has 25 heavy (non-hydrogen) atoms. The highest BCUT2D eigenvalue weighted by Crippen LogP contribution is 2.28. The van der Waals surface area contributed by atoms with E-state index < -0.39 is 0 Å². The van der Waals surface area contributed by atoms with Gasteiger partial charge in [-0.1, -0.05) is 6.07 Å². The smallest absolute Gasteiger partial charge is 0.224 e. The number of benzene rings is 1. The van der Waals surface area contributed by atoms with Gasteiger partial charge < -0.3 is 21.1 Å². The quantitative estimate of drug-likeness (QED) is 0.674. The van der Waals surface area contributed by atoms with E-state index in [1.165, 1.54) is 0 Å². The molecule has 1 saturated heterocycles. The first-order valence-corrected chi connectivity index (χ1v) is 8.11. The minimum absolute atomic E-state index is 0.191. The number of nitrogens with two attached hydrogens (primary N) is 2. The summed E-state index contributed by atoms with van der Waals surface area (Å²) in [6.07, 6.45) is 1.69. The molecule has 3 heterocycles. The molecule has 1 aromatic carbocycles. The van der Waals surface area contributed by atoms with Gasteiger partial charge >= 0.3 is 0 Å². The normalized spacial score (nSPS) is 14.8. The Kier molecular flexibility index (Phi) is 3.81. The maximum Gasteiger partial charge on any atom is 0.224 e. The second kappa shape index (κ2) is 6.14. The van der Waals surface area contributed by atoms with Crippen molar-refractivity contribution in [3.05, 3.63) is 30.0 Å². The van der Waals surface area contributed by atoms with Crippen LogP contribution >= 0.6 is 0 Å². The third kappa shape index (κ3) is 2.91. The molecule has 3 aromatic rings. The molecule has 128 valence electrons. The van der Waals surface area contributed by atoms with Crippen LogP contribution < -0.4 is 16.4 Å². The third-order valence-electron chi connectivity index (χ3n) is 4.25. The standard InChI is InChI=1S/C17H19N7O/c1-10-2-3-11(18)8-12(10)13-9-20-15-14(21-13)16(23-17(19)22-15)24-4-6-25-7-5-24/h2-3,8-9H,4-7,18H2,1H3,(H2,19,20,22,23). The Morgan fingerprint density at radius 3 is 2.68 bits per heavy atom. The average Bonchev–Trinajstić information content (AvgIpc) is 2.63. The maximum atomic E-state index is 5.93. The predicted molar refractivity (Wildman–Crippen MR) is 97.2 cm³/mol. The summed E-state index contributed by atoms with van der Waals surface area (Å²) in [5.74, 6) is 0.887. The number of hydrogen-bond acceptors (Lipinski definition) is 8. The number of ether oxygens (including phenoxy) is 1. The van der Waals surface area contributed by atoms with Crippen molar-refractivity contribution in [2.45, 2.75) is 6.92 Å². The molecule has 0 radical (unpaired) electrons. The molecular formula is C17H19N7O. The van der Waals surface area contributed by atoms with Gasteiger partial charge in [0.1, 0.15) is 0 Å². The van der Waals surface area contributed by atoms with Crippen molar-refractivity contribution in [2.75, 3.05) is 42.7 Å². The van der Waals surface area contributed by atoms with Crippen molar-refractivity contribution in [1.82, 2.24) is 19.9 Å². The van der Waals surface area contributed by atoms with Crippen LogP contribution in [0.2, 0.25) is 0 Å². The summed E-state index contributed by atoms with van der Waals surface area (Å²) in [5, 5.41) is 0. The SMILES string of the molecule is Cc1ccc(N)cc1-c1cnc2nc(N)nc(N3CCOCC3)c2n1. The zero-order valence-corrected chi connectivity index (χ0v) is 13.9. The van der Waals surface area contributed by atoms with E-state index in [4.69, 9.17) is 21.2 Å². The molecule has 0 amide bonds. The van der Waals surface area contributed by atoms with Gasteiger partial charge in [0, 0.05) is 24.3 Å². The van der Waals surface area contributed by atoms with E-state index in [-0.39, 0.29) is 5.95 Å². The van der Waals surface area contributed by atoms with Gasteiger partial charge in [-0.3, -0.25) is 0 Å². The van der Waals surface area contributed by atoms with Crippen LogP contribution in [0.25, 0.3) is 22.4 Å². The van der Waals surface area contributed by atoms with Crippen molar-refractivity contribution in [1.29, 1.82) is 0 Å². The van der Waals surface area contributed by atoms with Crippen LogP contribution in [0.3, 0.4) is 0 Å². The largest absolute Gasteiger partial charge is 0.399 e. The fourth-order valence-corrected chi connectivity index (χ4v) is 2.95. The minimum atomic E-state index is 0.191. The van der Waals surface area contributed by atoms with Gasteiger partial charge in [0.2, 0.25) is 5.95 Å². The predicted octanol–water partition coefficient (Wildman–Crippen LogP) is 1.40. The molecule has 1 aliphatic rings. The van der Waals surface area contributed by atoms with Gasteiger partial charge in [-0.2, -0.15) is 9.97 Å². The van der Waals surface area contributed by atoms with Crippen LogP contribution in [0.1, 0.15) is 5.56 Å². The number of fused-ring (bicyclic) bond motifs is 1. The van der Waals surface area contributed by atoms with Crippen LogP contribution in [0.15, 0.2) is 24.4 Å². The number of aryl methyl sites for hydroxylation is 1. The Balaban J connectivity index is 1.89. The summed E-state index contributed by atoms with van der Waals surface area (Å²) in [7, 11) is 0. The average molecular weight is 337 g/mol. The Labute approximate surface area is 144 Å². The minimum Gasteiger partial charge on any atom is -0.399 e. The van der Waals surface area contributed by atoms with Gasteiger partial charge in [0.25, 0.3) is 0 Å². The number of rotatable bonds is 2. The molecule has 0 saturated carbocycles. The third-order valence-corrected chi connectivity index (χ3v) is 4.25. The van der Waals surface area contributed by atoms with Crippen LogP contribution in [-0.4, -0.2) is 46.2 Å². The summed E-state index contributed by atoms with van der Waals surface area (Å²) in [4.78, 5) is 20.0. The molecule has 8 nitrogen and oxygen atoms in total. The number of aromatic nitrogens is 4. The van der Waals surface area contributed by atoms with Crippen LogP contribution in [0.5, 0.6) is 0 Å². The van der Waals surface area contributed by atoms with E-state index in [2.05, 4.69) is 19.9 Å². The van der Waals surface area contributed by atoms with Crippen molar-refractivity contribution in [3.63, 3.8) is 0 Å². The first kappa shape index (κ1) is 15.5. The summed E-state index contributed by atoms with van der Waals surface area (Å²) in [6, 6.07) is 5.74. The number of morpholine rings is 1. The summed E-state index contributed by atoms with van der Waals surface area (Å²) >= 11 is 0. The van der Waals surface area contributed by atoms with E-state index in [9.17, 15) is 0 Å². The lowest BCUT2D eigenvalue weighted by atomic mass is 10.1. The highest BCUT2D eigenvalue weighted by molar-refractivity contribution is 5.86. The lowest BCUT2D eigenvalue weighted by Crippen LogP contribution is -2.37. The molecule has 4 N–H and O–H groups in total. The highest BCUT2D eigenvalue weighted by Gasteiger charge is 2.19. The van der Waals surface area contributed by atoms with Crippen LogP contribution in [-0.2, 0) is 4.74 Å². The molecule has 0 aliphatic carbocycles. The lowest BCUT2D eigenvalue weighted by Gasteiger charge is -2.28. The van der Waals surface area contributed by atoms with Crippen molar-refractivity contribution in [2.24, 2.45) is 0 Å². The Hall–Kier alpha value is -3.00. The second-order valence-electron chi connectivity index (χ2n) is 6.01. The lowest BCUT2D eigenvalue weighted by molar-refractivity contribution is 0.122. The van der Waals surface area contributed by atoms with E-state index in [0.29, 0.717) is 35.9 Å². The number of hydrogen-bond donors (Lipinski definition) is 2. The topological polar surface area (TPSA) is 116 Å².